The Morgan fingerprint density at radius 1 is 1.29 bits per heavy atom. The zero-order valence-corrected chi connectivity index (χ0v) is 14.1. The normalized spacial score (nSPS) is 14.5. The van der Waals surface area contributed by atoms with E-state index in [-0.39, 0.29) is 6.61 Å². The van der Waals surface area contributed by atoms with Crippen LogP contribution in [-0.4, -0.2) is 44.0 Å². The van der Waals surface area contributed by atoms with Gasteiger partial charge < -0.3 is 24.1 Å². The monoisotopic (exact) mass is 350 g/mol. The summed E-state index contributed by atoms with van der Waals surface area (Å²) >= 11 is 5.98. The summed E-state index contributed by atoms with van der Waals surface area (Å²) in [6, 6.07) is 7.53. The van der Waals surface area contributed by atoms with E-state index in [9.17, 15) is 4.79 Å². The Kier molecular flexibility index (Phi) is 5.27. The second-order valence-corrected chi connectivity index (χ2v) is 5.71. The number of aromatic nitrogens is 1. The van der Waals surface area contributed by atoms with Gasteiger partial charge in [0.25, 0.3) is 0 Å². The maximum absolute atomic E-state index is 11.7. The van der Waals surface area contributed by atoms with E-state index in [0.717, 1.165) is 29.9 Å². The van der Waals surface area contributed by atoms with E-state index in [1.807, 2.05) is 30.5 Å². The molecule has 1 aliphatic heterocycles. The fourth-order valence-electron chi connectivity index (χ4n) is 2.66. The maximum Gasteiger partial charge on any atom is 0.515 e. The van der Waals surface area contributed by atoms with Crippen molar-refractivity contribution in [3.8, 4) is 17.0 Å². The minimum atomic E-state index is -0.725. The van der Waals surface area contributed by atoms with Gasteiger partial charge in [-0.25, -0.2) is 4.79 Å². The van der Waals surface area contributed by atoms with E-state index in [0.29, 0.717) is 24.1 Å². The van der Waals surface area contributed by atoms with Crippen molar-refractivity contribution in [3.05, 3.63) is 35.5 Å². The number of ether oxygens (including phenoxy) is 3. The number of anilines is 1. The van der Waals surface area contributed by atoms with Gasteiger partial charge in [0.15, 0.2) is 0 Å². The molecule has 0 spiro atoms. The van der Waals surface area contributed by atoms with Crippen LogP contribution in [-0.2, 0) is 9.47 Å². The molecule has 0 amide bonds. The average molecular weight is 351 g/mol. The topological polar surface area (TPSA) is 63.8 Å². The number of rotatable bonds is 4. The molecule has 1 aromatic carbocycles. The number of carbonyl (C=O) groups excluding carboxylic acids is 1. The Morgan fingerprint density at radius 3 is 2.67 bits per heavy atom. The first-order valence-electron chi connectivity index (χ1n) is 7.83. The molecule has 1 fully saturated rings. The molecule has 1 saturated heterocycles. The fourth-order valence-corrected chi connectivity index (χ4v) is 2.78. The van der Waals surface area contributed by atoms with Gasteiger partial charge in [0.05, 0.1) is 19.8 Å². The van der Waals surface area contributed by atoms with Gasteiger partial charge in [-0.3, -0.25) is 0 Å². The molecular weight excluding hydrogens is 332 g/mol. The predicted octanol–water partition coefficient (Wildman–Crippen LogP) is 3.71. The minimum absolute atomic E-state index is 0.260. The number of nitrogens with zero attached hydrogens (tertiary/aromatic N) is 1. The maximum atomic E-state index is 11.7. The molecule has 0 atom stereocenters. The van der Waals surface area contributed by atoms with Crippen LogP contribution in [0.2, 0.25) is 5.02 Å². The Balaban J connectivity index is 1.96. The number of nitrogens with one attached hydrogen (secondary N) is 1. The number of H-pyrrole nitrogens is 1. The minimum Gasteiger partial charge on any atom is -0.434 e. The van der Waals surface area contributed by atoms with Crippen molar-refractivity contribution >= 4 is 23.4 Å². The molecule has 0 bridgehead atoms. The number of hydrogen-bond donors (Lipinski definition) is 1. The Morgan fingerprint density at radius 2 is 2.00 bits per heavy atom. The van der Waals surface area contributed by atoms with Crippen LogP contribution in [0.4, 0.5) is 10.5 Å². The molecule has 0 saturated carbocycles. The summed E-state index contributed by atoms with van der Waals surface area (Å²) in [4.78, 5) is 16.9. The van der Waals surface area contributed by atoms with Crippen molar-refractivity contribution in [3.63, 3.8) is 0 Å². The largest absolute Gasteiger partial charge is 0.515 e. The first kappa shape index (κ1) is 16.7. The van der Waals surface area contributed by atoms with Crippen molar-refractivity contribution in [2.75, 3.05) is 37.8 Å². The van der Waals surface area contributed by atoms with Gasteiger partial charge in [-0.15, -0.1) is 0 Å². The Bertz CT molecular complexity index is 693. The zero-order valence-electron chi connectivity index (χ0n) is 13.4. The molecule has 1 aliphatic rings. The van der Waals surface area contributed by atoms with Crippen molar-refractivity contribution < 1.29 is 19.0 Å². The molecule has 2 heterocycles. The smallest absolute Gasteiger partial charge is 0.434 e. The van der Waals surface area contributed by atoms with E-state index < -0.39 is 6.16 Å². The van der Waals surface area contributed by atoms with Crippen LogP contribution in [0.15, 0.2) is 30.5 Å². The van der Waals surface area contributed by atoms with E-state index in [1.54, 1.807) is 6.92 Å². The summed E-state index contributed by atoms with van der Waals surface area (Å²) < 4.78 is 15.6. The Hall–Kier alpha value is -2.18. The third-order valence-electron chi connectivity index (χ3n) is 3.75. The molecule has 2 aromatic rings. The van der Waals surface area contributed by atoms with E-state index in [4.69, 9.17) is 25.8 Å². The number of hydrogen-bond acceptors (Lipinski definition) is 5. The van der Waals surface area contributed by atoms with Gasteiger partial charge in [0.1, 0.15) is 5.69 Å². The first-order chi connectivity index (χ1) is 11.7. The third-order valence-corrected chi connectivity index (χ3v) is 4.00. The van der Waals surface area contributed by atoms with Crippen LogP contribution in [0.1, 0.15) is 6.92 Å². The van der Waals surface area contributed by atoms with Crippen molar-refractivity contribution in [2.45, 2.75) is 6.92 Å². The highest BCUT2D eigenvalue weighted by Crippen LogP contribution is 2.39. The Labute approximate surface area is 145 Å². The van der Waals surface area contributed by atoms with Crippen LogP contribution in [0.5, 0.6) is 5.88 Å². The molecule has 1 aromatic heterocycles. The van der Waals surface area contributed by atoms with E-state index in [1.165, 1.54) is 0 Å². The zero-order chi connectivity index (χ0) is 16.9. The molecule has 1 N–H and O–H groups in total. The number of benzene rings is 1. The highest BCUT2D eigenvalue weighted by Gasteiger charge is 2.24. The van der Waals surface area contributed by atoms with Crippen LogP contribution in [0, 0.1) is 0 Å². The summed E-state index contributed by atoms with van der Waals surface area (Å²) in [6.07, 6.45) is 1.10. The molecule has 128 valence electrons. The quantitative estimate of drug-likeness (QED) is 0.852. The van der Waals surface area contributed by atoms with Gasteiger partial charge in [0, 0.05) is 29.9 Å². The lowest BCUT2D eigenvalue weighted by atomic mass is 10.1. The molecule has 3 rings (SSSR count). The lowest BCUT2D eigenvalue weighted by molar-refractivity contribution is 0.102. The van der Waals surface area contributed by atoms with Gasteiger partial charge in [0.2, 0.25) is 5.88 Å². The number of halogens is 1. The first-order valence-corrected chi connectivity index (χ1v) is 8.21. The van der Waals surface area contributed by atoms with Gasteiger partial charge >= 0.3 is 6.16 Å². The summed E-state index contributed by atoms with van der Waals surface area (Å²) in [6.45, 7) is 4.69. The van der Waals surface area contributed by atoms with E-state index >= 15 is 0 Å². The van der Waals surface area contributed by atoms with Gasteiger partial charge in [-0.2, -0.15) is 0 Å². The third kappa shape index (κ3) is 3.66. The molecule has 0 aliphatic carbocycles. The second kappa shape index (κ2) is 7.59. The van der Waals surface area contributed by atoms with Crippen LogP contribution < -0.4 is 9.64 Å². The predicted molar refractivity (Wildman–Crippen MR) is 91.9 cm³/mol. The standard InChI is InChI=1S/C17H19ClN2O4/c1-2-23-17(21)24-16-15(20-7-9-22-10-8-20)14(11-19-16)12-3-5-13(18)6-4-12/h3-6,11,19H,2,7-10H2,1H3. The van der Waals surface area contributed by atoms with Crippen molar-refractivity contribution in [2.24, 2.45) is 0 Å². The van der Waals surface area contributed by atoms with Gasteiger partial charge in [-0.05, 0) is 24.6 Å². The SMILES string of the molecule is CCOC(=O)Oc1[nH]cc(-c2ccc(Cl)cc2)c1N1CCOCC1. The molecule has 7 heteroatoms. The number of aromatic amines is 1. The van der Waals surface area contributed by atoms with Crippen LogP contribution in [0.25, 0.3) is 11.1 Å². The summed E-state index contributed by atoms with van der Waals surface area (Å²) in [5.41, 5.74) is 2.75. The van der Waals surface area contributed by atoms with Crippen molar-refractivity contribution in [1.29, 1.82) is 0 Å². The van der Waals surface area contributed by atoms with Crippen LogP contribution in [0.3, 0.4) is 0 Å². The number of carbonyl (C=O) groups is 1. The number of morpholine rings is 1. The second-order valence-electron chi connectivity index (χ2n) is 5.27. The van der Waals surface area contributed by atoms with Gasteiger partial charge in [-0.1, -0.05) is 23.7 Å². The molecule has 24 heavy (non-hydrogen) atoms. The molecule has 6 nitrogen and oxygen atoms in total. The fraction of sp³-hybridized carbons (Fsp3) is 0.353. The lowest BCUT2D eigenvalue weighted by Crippen LogP contribution is -2.36. The highest BCUT2D eigenvalue weighted by molar-refractivity contribution is 6.30. The highest BCUT2D eigenvalue weighted by atomic mass is 35.5. The molecular formula is C17H19ClN2O4. The summed E-state index contributed by atoms with van der Waals surface area (Å²) in [7, 11) is 0. The molecule has 0 radical (unpaired) electrons. The van der Waals surface area contributed by atoms with Crippen LogP contribution >= 0.6 is 11.6 Å². The van der Waals surface area contributed by atoms with Crippen molar-refractivity contribution in [1.82, 2.24) is 4.98 Å². The lowest BCUT2D eigenvalue weighted by Gasteiger charge is -2.29. The summed E-state index contributed by atoms with van der Waals surface area (Å²) in [5, 5.41) is 0.671. The molecule has 0 unspecified atom stereocenters. The summed E-state index contributed by atoms with van der Waals surface area (Å²) in [5.74, 6) is 0.375. The van der Waals surface area contributed by atoms with E-state index in [2.05, 4.69) is 9.88 Å². The average Bonchev–Trinajstić information content (AvgIpc) is 3.00.